The van der Waals surface area contributed by atoms with E-state index in [0.29, 0.717) is 29.3 Å². The molecule has 3 aromatic rings. The summed E-state index contributed by atoms with van der Waals surface area (Å²) in [5.74, 6) is -0.642. The zero-order valence-corrected chi connectivity index (χ0v) is 19.5. The van der Waals surface area contributed by atoms with E-state index < -0.39 is 5.97 Å². The molecule has 10 heteroatoms. The Balaban J connectivity index is 1.50. The van der Waals surface area contributed by atoms with Crippen LogP contribution in [0.15, 0.2) is 47.8 Å². The summed E-state index contributed by atoms with van der Waals surface area (Å²) in [5.41, 5.74) is 2.99. The van der Waals surface area contributed by atoms with Gasteiger partial charge in [0.15, 0.2) is 6.61 Å². The summed E-state index contributed by atoms with van der Waals surface area (Å²) >= 11 is 1.54. The standard InChI is InChI=1S/C24H23N3O6S/c1-31-10-9-22-26-18(14-34-22)16-5-8-20-19(11-16)27(23(29)13-33-20)12-21(28)25-17-6-3-15(4-7-17)24(30)32-2/h3-8,11,14H,9-10,12-13H2,1-2H3,(H,25,28). The third kappa shape index (κ3) is 5.24. The van der Waals surface area contributed by atoms with Crippen molar-refractivity contribution in [2.75, 3.05) is 44.2 Å². The van der Waals surface area contributed by atoms with Crippen LogP contribution >= 0.6 is 11.3 Å². The second-order valence-corrected chi connectivity index (χ2v) is 8.38. The average molecular weight is 482 g/mol. The van der Waals surface area contributed by atoms with Crippen molar-refractivity contribution in [3.05, 3.63) is 58.4 Å². The first-order chi connectivity index (χ1) is 16.5. The van der Waals surface area contributed by atoms with Gasteiger partial charge in [0.25, 0.3) is 5.91 Å². The van der Waals surface area contributed by atoms with Gasteiger partial charge in [0.2, 0.25) is 5.91 Å². The van der Waals surface area contributed by atoms with Crippen molar-refractivity contribution in [1.29, 1.82) is 0 Å². The SMILES string of the molecule is COCCc1nc(-c2ccc3c(c2)N(CC(=O)Nc2ccc(C(=O)OC)cc2)C(=O)CO3)cs1. The number of methoxy groups -OCH3 is 2. The average Bonchev–Trinajstić information content (AvgIpc) is 3.33. The maximum absolute atomic E-state index is 12.7. The van der Waals surface area contributed by atoms with E-state index in [4.69, 9.17) is 9.47 Å². The Morgan fingerprint density at radius 1 is 1.18 bits per heavy atom. The van der Waals surface area contributed by atoms with Crippen LogP contribution in [0.2, 0.25) is 0 Å². The molecule has 0 aliphatic carbocycles. The van der Waals surface area contributed by atoms with Crippen LogP contribution in [-0.4, -0.2) is 56.7 Å². The number of thiazole rings is 1. The molecule has 0 unspecified atom stereocenters. The zero-order chi connectivity index (χ0) is 24.1. The van der Waals surface area contributed by atoms with Gasteiger partial charge in [-0.3, -0.25) is 14.5 Å². The maximum Gasteiger partial charge on any atom is 0.337 e. The van der Waals surface area contributed by atoms with Gasteiger partial charge in [-0.15, -0.1) is 11.3 Å². The Kier molecular flexibility index (Phi) is 7.19. The Morgan fingerprint density at radius 2 is 1.97 bits per heavy atom. The number of amides is 2. The topological polar surface area (TPSA) is 107 Å². The molecule has 9 nitrogen and oxygen atoms in total. The minimum absolute atomic E-state index is 0.148. The Labute approximate surface area is 200 Å². The van der Waals surface area contributed by atoms with Crippen molar-refractivity contribution in [3.63, 3.8) is 0 Å². The van der Waals surface area contributed by atoms with Crippen LogP contribution in [0, 0.1) is 0 Å². The molecule has 0 radical (unpaired) electrons. The van der Waals surface area contributed by atoms with Gasteiger partial charge < -0.3 is 19.5 Å². The highest BCUT2D eigenvalue weighted by molar-refractivity contribution is 7.09. The van der Waals surface area contributed by atoms with E-state index in [1.54, 1.807) is 54.8 Å². The summed E-state index contributed by atoms with van der Waals surface area (Å²) in [4.78, 5) is 42.9. The molecule has 1 aliphatic heterocycles. The summed E-state index contributed by atoms with van der Waals surface area (Å²) in [5, 5.41) is 5.65. The van der Waals surface area contributed by atoms with Gasteiger partial charge in [-0.1, -0.05) is 0 Å². The van der Waals surface area contributed by atoms with Gasteiger partial charge in [-0.05, 0) is 42.5 Å². The molecule has 2 amide bonds. The van der Waals surface area contributed by atoms with Crippen molar-refractivity contribution in [1.82, 2.24) is 4.98 Å². The predicted octanol–water partition coefficient (Wildman–Crippen LogP) is 3.15. The highest BCUT2D eigenvalue weighted by atomic mass is 32.1. The van der Waals surface area contributed by atoms with Crippen LogP contribution < -0.4 is 15.0 Å². The number of hydrogen-bond acceptors (Lipinski definition) is 8. The molecule has 2 heterocycles. The largest absolute Gasteiger partial charge is 0.482 e. The Hall–Kier alpha value is -3.76. The molecule has 176 valence electrons. The number of anilines is 2. The highest BCUT2D eigenvalue weighted by Gasteiger charge is 2.28. The first-order valence-corrected chi connectivity index (χ1v) is 11.4. The number of nitrogens with zero attached hydrogens (tertiary/aromatic N) is 2. The lowest BCUT2D eigenvalue weighted by atomic mass is 10.1. The zero-order valence-electron chi connectivity index (χ0n) is 18.7. The third-order valence-corrected chi connectivity index (χ3v) is 6.07. The van der Waals surface area contributed by atoms with E-state index in [1.165, 1.54) is 12.0 Å². The van der Waals surface area contributed by atoms with Crippen LogP contribution in [0.1, 0.15) is 15.4 Å². The summed E-state index contributed by atoms with van der Waals surface area (Å²) in [7, 11) is 2.95. The second kappa shape index (κ2) is 10.4. The molecular formula is C24H23N3O6S. The summed E-state index contributed by atoms with van der Waals surface area (Å²) in [6, 6.07) is 11.8. The van der Waals surface area contributed by atoms with Gasteiger partial charge in [-0.2, -0.15) is 0 Å². The van der Waals surface area contributed by atoms with Crippen molar-refractivity contribution in [3.8, 4) is 17.0 Å². The lowest BCUT2D eigenvalue weighted by Crippen LogP contribution is -2.43. The molecule has 0 saturated heterocycles. The van der Waals surface area contributed by atoms with Crippen LogP contribution in [0.25, 0.3) is 11.3 Å². The summed E-state index contributed by atoms with van der Waals surface area (Å²) in [6.07, 6.45) is 0.723. The first kappa shape index (κ1) is 23.4. The molecule has 0 atom stereocenters. The summed E-state index contributed by atoms with van der Waals surface area (Å²) < 4.78 is 15.3. The fourth-order valence-electron chi connectivity index (χ4n) is 3.43. The monoisotopic (exact) mass is 481 g/mol. The Morgan fingerprint density at radius 3 is 2.71 bits per heavy atom. The summed E-state index contributed by atoms with van der Waals surface area (Å²) in [6.45, 7) is 0.257. The lowest BCUT2D eigenvalue weighted by Gasteiger charge is -2.29. The van der Waals surface area contributed by atoms with Crippen molar-refractivity contribution < 1.29 is 28.6 Å². The van der Waals surface area contributed by atoms with Crippen molar-refractivity contribution in [2.45, 2.75) is 6.42 Å². The van der Waals surface area contributed by atoms with Gasteiger partial charge in [-0.25, -0.2) is 9.78 Å². The van der Waals surface area contributed by atoms with Crippen LogP contribution in [0.4, 0.5) is 11.4 Å². The molecule has 2 aromatic carbocycles. The van der Waals surface area contributed by atoms with E-state index in [2.05, 4.69) is 15.0 Å². The number of rotatable bonds is 8. The second-order valence-electron chi connectivity index (χ2n) is 7.44. The molecule has 0 saturated carbocycles. The molecule has 0 bridgehead atoms. The fraction of sp³-hybridized carbons (Fsp3) is 0.250. The van der Waals surface area contributed by atoms with E-state index in [9.17, 15) is 14.4 Å². The number of esters is 1. The first-order valence-electron chi connectivity index (χ1n) is 10.5. The Bertz CT molecular complexity index is 1210. The molecule has 1 aliphatic rings. The van der Waals surface area contributed by atoms with Crippen LogP contribution in [0.5, 0.6) is 5.75 Å². The quantitative estimate of drug-likeness (QED) is 0.493. The number of benzene rings is 2. The van der Waals surface area contributed by atoms with Gasteiger partial charge in [0.05, 0.1) is 35.7 Å². The van der Waals surface area contributed by atoms with Crippen LogP contribution in [0.3, 0.4) is 0 Å². The number of hydrogen-bond donors (Lipinski definition) is 1. The number of ether oxygens (including phenoxy) is 3. The number of fused-ring (bicyclic) bond motifs is 1. The molecular weight excluding hydrogens is 458 g/mol. The maximum atomic E-state index is 12.7. The lowest BCUT2D eigenvalue weighted by molar-refractivity contribution is -0.123. The molecule has 0 spiro atoms. The van der Waals surface area contributed by atoms with Gasteiger partial charge >= 0.3 is 5.97 Å². The minimum atomic E-state index is -0.463. The fourth-order valence-corrected chi connectivity index (χ4v) is 4.22. The normalized spacial score (nSPS) is 12.6. The molecule has 0 fully saturated rings. The van der Waals surface area contributed by atoms with E-state index in [0.717, 1.165) is 22.7 Å². The highest BCUT2D eigenvalue weighted by Crippen LogP contribution is 2.36. The molecule has 1 aromatic heterocycles. The van der Waals surface area contributed by atoms with Gasteiger partial charge in [0, 0.05) is 30.2 Å². The predicted molar refractivity (Wildman–Crippen MR) is 127 cm³/mol. The number of aromatic nitrogens is 1. The number of carbonyl (C=O) groups is 3. The van der Waals surface area contributed by atoms with Crippen LogP contribution in [-0.2, 0) is 25.5 Å². The van der Waals surface area contributed by atoms with E-state index in [-0.39, 0.29) is 25.0 Å². The molecule has 1 N–H and O–H groups in total. The van der Waals surface area contributed by atoms with Crippen molar-refractivity contribution in [2.24, 2.45) is 0 Å². The number of nitrogens with one attached hydrogen (secondary N) is 1. The number of carbonyl (C=O) groups excluding carboxylic acids is 3. The minimum Gasteiger partial charge on any atom is -0.482 e. The third-order valence-electron chi connectivity index (χ3n) is 5.16. The molecule has 34 heavy (non-hydrogen) atoms. The van der Waals surface area contributed by atoms with Crippen molar-refractivity contribution >= 4 is 40.5 Å². The van der Waals surface area contributed by atoms with Gasteiger partial charge in [0.1, 0.15) is 12.3 Å². The van der Waals surface area contributed by atoms with E-state index in [1.807, 2.05) is 11.4 Å². The smallest absolute Gasteiger partial charge is 0.337 e. The molecule has 4 rings (SSSR count). The van der Waals surface area contributed by atoms with E-state index >= 15 is 0 Å².